The molecule has 0 bridgehead atoms. The molecule has 1 fully saturated rings. The molecule has 3 heteroatoms. The van der Waals surface area contributed by atoms with Gasteiger partial charge in [-0.2, -0.15) is 0 Å². The molecule has 90 valence electrons. The molecule has 0 aliphatic carbocycles. The van der Waals surface area contributed by atoms with Crippen LogP contribution in [0.2, 0.25) is 0 Å². The third kappa shape index (κ3) is 4.83. The molecule has 1 aliphatic rings. The SMILES string of the molecule is COCCC(C)N1CCCC(CCBr)C1. The number of methoxy groups -OCH3 is 1. The van der Waals surface area contributed by atoms with Crippen molar-refractivity contribution in [3.05, 3.63) is 0 Å². The highest BCUT2D eigenvalue weighted by atomic mass is 79.9. The van der Waals surface area contributed by atoms with Crippen molar-refractivity contribution >= 4 is 15.9 Å². The first-order chi connectivity index (χ1) is 7.27. The number of hydrogen-bond donors (Lipinski definition) is 0. The van der Waals surface area contributed by atoms with E-state index in [1.54, 1.807) is 7.11 Å². The molecule has 1 heterocycles. The second-order valence-corrected chi connectivity index (χ2v) is 5.40. The van der Waals surface area contributed by atoms with Crippen LogP contribution in [0.25, 0.3) is 0 Å². The molecule has 0 aromatic carbocycles. The summed E-state index contributed by atoms with van der Waals surface area (Å²) < 4.78 is 5.14. The van der Waals surface area contributed by atoms with Crippen molar-refractivity contribution in [3.8, 4) is 0 Å². The third-order valence-electron chi connectivity index (χ3n) is 3.43. The molecule has 0 amide bonds. The van der Waals surface area contributed by atoms with Crippen LogP contribution in [0.3, 0.4) is 0 Å². The van der Waals surface area contributed by atoms with Crippen LogP contribution < -0.4 is 0 Å². The van der Waals surface area contributed by atoms with Crippen LogP contribution in [0.4, 0.5) is 0 Å². The van der Waals surface area contributed by atoms with Gasteiger partial charge in [0.1, 0.15) is 0 Å². The lowest BCUT2D eigenvalue weighted by molar-refractivity contribution is 0.0991. The molecule has 0 aromatic heterocycles. The van der Waals surface area contributed by atoms with Gasteiger partial charge < -0.3 is 9.64 Å². The van der Waals surface area contributed by atoms with E-state index in [1.165, 1.54) is 32.4 Å². The number of rotatable bonds is 6. The van der Waals surface area contributed by atoms with E-state index in [9.17, 15) is 0 Å². The first kappa shape index (κ1) is 13.5. The maximum Gasteiger partial charge on any atom is 0.0477 e. The Kier molecular flexibility index (Phi) is 6.86. The molecule has 1 rings (SSSR count). The summed E-state index contributed by atoms with van der Waals surface area (Å²) in [7, 11) is 1.79. The lowest BCUT2D eigenvalue weighted by Gasteiger charge is -2.36. The fraction of sp³-hybridized carbons (Fsp3) is 1.00. The van der Waals surface area contributed by atoms with Crippen LogP contribution in [0.5, 0.6) is 0 Å². The standard InChI is InChI=1S/C12H24BrNO/c1-11(6-9-15-2)14-8-3-4-12(10-14)5-7-13/h11-12H,3-10H2,1-2H3. The molecule has 1 aliphatic heterocycles. The summed E-state index contributed by atoms with van der Waals surface area (Å²) >= 11 is 3.55. The molecule has 0 spiro atoms. The fourth-order valence-corrected chi connectivity index (χ4v) is 3.01. The molecule has 2 atom stereocenters. The van der Waals surface area contributed by atoms with Crippen LogP contribution in [-0.4, -0.2) is 43.1 Å². The van der Waals surface area contributed by atoms with Gasteiger partial charge in [0, 0.05) is 31.6 Å². The molecule has 0 radical (unpaired) electrons. The molecule has 0 saturated carbocycles. The van der Waals surface area contributed by atoms with Gasteiger partial charge in [-0.25, -0.2) is 0 Å². The summed E-state index contributed by atoms with van der Waals surface area (Å²) in [6, 6.07) is 0.683. The number of piperidine rings is 1. The number of halogens is 1. The van der Waals surface area contributed by atoms with Crippen molar-refractivity contribution in [1.29, 1.82) is 0 Å². The Labute approximate surface area is 102 Å². The Morgan fingerprint density at radius 1 is 1.53 bits per heavy atom. The normalized spacial score (nSPS) is 25.4. The highest BCUT2D eigenvalue weighted by Crippen LogP contribution is 2.22. The van der Waals surface area contributed by atoms with Crippen molar-refractivity contribution < 1.29 is 4.74 Å². The fourth-order valence-electron chi connectivity index (χ4n) is 2.36. The van der Waals surface area contributed by atoms with Crippen LogP contribution in [-0.2, 0) is 4.74 Å². The predicted octanol–water partition coefficient (Wildman–Crippen LogP) is 2.91. The smallest absolute Gasteiger partial charge is 0.0477 e. The summed E-state index contributed by atoms with van der Waals surface area (Å²) in [6.45, 7) is 5.79. The Hall–Kier alpha value is 0.400. The van der Waals surface area contributed by atoms with Crippen molar-refractivity contribution in [2.45, 2.75) is 38.6 Å². The number of nitrogens with zero attached hydrogens (tertiary/aromatic N) is 1. The zero-order valence-electron chi connectivity index (χ0n) is 10.0. The van der Waals surface area contributed by atoms with E-state index in [0.717, 1.165) is 24.3 Å². The van der Waals surface area contributed by atoms with Gasteiger partial charge >= 0.3 is 0 Å². The van der Waals surface area contributed by atoms with Gasteiger partial charge in [0.05, 0.1) is 0 Å². The maximum absolute atomic E-state index is 5.14. The van der Waals surface area contributed by atoms with Crippen LogP contribution >= 0.6 is 15.9 Å². The van der Waals surface area contributed by atoms with Crippen molar-refractivity contribution in [2.75, 3.05) is 32.1 Å². The largest absolute Gasteiger partial charge is 0.385 e. The number of alkyl halides is 1. The van der Waals surface area contributed by atoms with Gasteiger partial charge in [0.2, 0.25) is 0 Å². The summed E-state index contributed by atoms with van der Waals surface area (Å²) in [5.74, 6) is 0.906. The van der Waals surface area contributed by atoms with Gasteiger partial charge in [-0.3, -0.25) is 0 Å². The Balaban J connectivity index is 2.27. The highest BCUT2D eigenvalue weighted by Gasteiger charge is 2.22. The zero-order chi connectivity index (χ0) is 11.1. The Morgan fingerprint density at radius 2 is 2.33 bits per heavy atom. The van der Waals surface area contributed by atoms with Crippen molar-refractivity contribution in [2.24, 2.45) is 5.92 Å². The molecule has 2 nitrogen and oxygen atoms in total. The summed E-state index contributed by atoms with van der Waals surface area (Å²) in [6.07, 6.45) is 5.28. The lowest BCUT2D eigenvalue weighted by Crippen LogP contribution is -2.41. The topological polar surface area (TPSA) is 12.5 Å². The van der Waals surface area contributed by atoms with Gasteiger partial charge in [0.15, 0.2) is 0 Å². The van der Waals surface area contributed by atoms with E-state index in [2.05, 4.69) is 27.8 Å². The van der Waals surface area contributed by atoms with Gasteiger partial charge in [-0.05, 0) is 45.1 Å². The van der Waals surface area contributed by atoms with Gasteiger partial charge in [0.25, 0.3) is 0 Å². The number of ether oxygens (including phenoxy) is 1. The molecule has 2 unspecified atom stereocenters. The van der Waals surface area contributed by atoms with Crippen LogP contribution in [0.15, 0.2) is 0 Å². The zero-order valence-corrected chi connectivity index (χ0v) is 11.6. The number of likely N-dealkylation sites (tertiary alicyclic amines) is 1. The molecule has 0 aromatic rings. The minimum Gasteiger partial charge on any atom is -0.385 e. The monoisotopic (exact) mass is 277 g/mol. The van der Waals surface area contributed by atoms with E-state index < -0.39 is 0 Å². The van der Waals surface area contributed by atoms with E-state index in [0.29, 0.717) is 6.04 Å². The second-order valence-electron chi connectivity index (χ2n) is 4.61. The average molecular weight is 278 g/mol. The van der Waals surface area contributed by atoms with Crippen LogP contribution in [0.1, 0.15) is 32.6 Å². The Morgan fingerprint density at radius 3 is 3.00 bits per heavy atom. The van der Waals surface area contributed by atoms with Gasteiger partial charge in [-0.1, -0.05) is 15.9 Å². The molecular formula is C12H24BrNO. The first-order valence-corrected chi connectivity index (χ1v) is 7.19. The highest BCUT2D eigenvalue weighted by molar-refractivity contribution is 9.09. The maximum atomic E-state index is 5.14. The predicted molar refractivity (Wildman–Crippen MR) is 68.7 cm³/mol. The second kappa shape index (κ2) is 7.64. The Bertz CT molecular complexity index is 164. The lowest BCUT2D eigenvalue weighted by atomic mass is 9.94. The summed E-state index contributed by atoms with van der Waals surface area (Å²) in [4.78, 5) is 2.63. The molecule has 15 heavy (non-hydrogen) atoms. The number of hydrogen-bond acceptors (Lipinski definition) is 2. The molecule has 0 N–H and O–H groups in total. The van der Waals surface area contributed by atoms with E-state index in [1.807, 2.05) is 0 Å². The minimum absolute atomic E-state index is 0.683. The summed E-state index contributed by atoms with van der Waals surface area (Å²) in [5, 5.41) is 1.15. The minimum atomic E-state index is 0.683. The third-order valence-corrected chi connectivity index (χ3v) is 3.89. The van der Waals surface area contributed by atoms with E-state index in [-0.39, 0.29) is 0 Å². The van der Waals surface area contributed by atoms with Crippen molar-refractivity contribution in [1.82, 2.24) is 4.90 Å². The van der Waals surface area contributed by atoms with Crippen LogP contribution in [0, 0.1) is 5.92 Å². The average Bonchev–Trinajstić information content (AvgIpc) is 2.27. The quantitative estimate of drug-likeness (QED) is 0.693. The molecular weight excluding hydrogens is 254 g/mol. The molecule has 1 saturated heterocycles. The van der Waals surface area contributed by atoms with E-state index >= 15 is 0 Å². The van der Waals surface area contributed by atoms with Gasteiger partial charge in [-0.15, -0.1) is 0 Å². The van der Waals surface area contributed by atoms with E-state index in [4.69, 9.17) is 4.74 Å². The first-order valence-electron chi connectivity index (χ1n) is 6.07. The summed E-state index contributed by atoms with van der Waals surface area (Å²) in [5.41, 5.74) is 0. The van der Waals surface area contributed by atoms with Crippen molar-refractivity contribution in [3.63, 3.8) is 0 Å².